The Balaban J connectivity index is 2.61. The average molecular weight is 168 g/mol. The Morgan fingerprint density at radius 2 is 2.25 bits per heavy atom. The molecule has 12 heavy (non-hydrogen) atoms. The largest absolute Gasteiger partial charge is 0.321 e. The molecule has 1 heterocycles. The zero-order valence-electron chi connectivity index (χ0n) is 7.67. The van der Waals surface area contributed by atoms with Crippen molar-refractivity contribution in [2.45, 2.75) is 39.2 Å². The number of hydrogen-bond donors (Lipinski definition) is 2. The molecule has 4 heteroatoms. The summed E-state index contributed by atoms with van der Waals surface area (Å²) in [4.78, 5) is 4.26. The van der Waals surface area contributed by atoms with Gasteiger partial charge in [-0.15, -0.1) is 0 Å². The van der Waals surface area contributed by atoms with Gasteiger partial charge >= 0.3 is 0 Å². The number of nitrogens with two attached hydrogens (primary N) is 1. The fourth-order valence-electron chi connectivity index (χ4n) is 1.07. The molecule has 0 aliphatic carbocycles. The first-order valence-corrected chi connectivity index (χ1v) is 4.44. The van der Waals surface area contributed by atoms with Crippen LogP contribution in [0.15, 0.2) is 0 Å². The third-order valence-corrected chi connectivity index (χ3v) is 1.82. The van der Waals surface area contributed by atoms with Crippen molar-refractivity contribution in [1.82, 2.24) is 15.2 Å². The molecule has 1 atom stereocenters. The van der Waals surface area contributed by atoms with Crippen LogP contribution in [-0.4, -0.2) is 15.2 Å². The molecule has 0 spiro atoms. The van der Waals surface area contributed by atoms with Crippen molar-refractivity contribution in [3.05, 3.63) is 11.6 Å². The zero-order valence-corrected chi connectivity index (χ0v) is 7.67. The molecule has 1 rings (SSSR count). The molecule has 0 aliphatic rings. The Morgan fingerprint density at radius 1 is 1.50 bits per heavy atom. The van der Waals surface area contributed by atoms with E-state index in [4.69, 9.17) is 5.73 Å². The van der Waals surface area contributed by atoms with E-state index in [0.717, 1.165) is 30.9 Å². The van der Waals surface area contributed by atoms with Gasteiger partial charge in [0.05, 0.1) is 6.04 Å². The second kappa shape index (κ2) is 4.21. The summed E-state index contributed by atoms with van der Waals surface area (Å²) in [5, 5.41) is 6.90. The van der Waals surface area contributed by atoms with Crippen molar-refractivity contribution in [2.75, 3.05) is 0 Å². The predicted octanol–water partition coefficient (Wildman–Crippen LogP) is 1.17. The Morgan fingerprint density at radius 3 is 2.75 bits per heavy atom. The number of nitrogens with zero attached hydrogens (tertiary/aromatic N) is 2. The highest BCUT2D eigenvalue weighted by molar-refractivity contribution is 4.95. The Labute approximate surface area is 72.6 Å². The van der Waals surface area contributed by atoms with Gasteiger partial charge in [-0.3, -0.25) is 5.10 Å². The number of H-pyrrole nitrogens is 1. The van der Waals surface area contributed by atoms with Gasteiger partial charge < -0.3 is 5.73 Å². The monoisotopic (exact) mass is 168 g/mol. The van der Waals surface area contributed by atoms with Gasteiger partial charge in [0.2, 0.25) is 0 Å². The topological polar surface area (TPSA) is 67.6 Å². The number of aryl methyl sites for hydroxylation is 1. The summed E-state index contributed by atoms with van der Waals surface area (Å²) in [5.41, 5.74) is 5.83. The van der Waals surface area contributed by atoms with Gasteiger partial charge in [-0.1, -0.05) is 20.3 Å². The lowest BCUT2D eigenvalue weighted by Crippen LogP contribution is -2.11. The number of nitrogens with one attached hydrogen (secondary N) is 1. The SMILES string of the molecule is CCCC(N)c1n[nH]c(CC)n1. The third kappa shape index (κ3) is 2.04. The molecule has 0 bridgehead atoms. The van der Waals surface area contributed by atoms with E-state index in [1.165, 1.54) is 0 Å². The molecule has 1 unspecified atom stereocenters. The summed E-state index contributed by atoms with van der Waals surface area (Å²) in [6, 6.07) is -0.00782. The first-order chi connectivity index (χ1) is 5.77. The van der Waals surface area contributed by atoms with Crippen LogP contribution in [0.3, 0.4) is 0 Å². The van der Waals surface area contributed by atoms with Crippen LogP contribution in [0.4, 0.5) is 0 Å². The summed E-state index contributed by atoms with van der Waals surface area (Å²) in [7, 11) is 0. The first kappa shape index (κ1) is 9.19. The highest BCUT2D eigenvalue weighted by Crippen LogP contribution is 2.10. The smallest absolute Gasteiger partial charge is 0.167 e. The van der Waals surface area contributed by atoms with Gasteiger partial charge in [-0.2, -0.15) is 5.10 Å². The van der Waals surface area contributed by atoms with Gasteiger partial charge in [0.1, 0.15) is 5.82 Å². The summed E-state index contributed by atoms with van der Waals surface area (Å²) in [5.74, 6) is 1.66. The van der Waals surface area contributed by atoms with Crippen molar-refractivity contribution in [3.63, 3.8) is 0 Å². The molecule has 1 aromatic rings. The van der Waals surface area contributed by atoms with Crippen LogP contribution in [0.25, 0.3) is 0 Å². The van der Waals surface area contributed by atoms with Crippen LogP contribution in [0.5, 0.6) is 0 Å². The quantitative estimate of drug-likeness (QED) is 0.709. The maximum Gasteiger partial charge on any atom is 0.167 e. The van der Waals surface area contributed by atoms with E-state index in [1.807, 2.05) is 6.92 Å². The van der Waals surface area contributed by atoms with E-state index in [9.17, 15) is 0 Å². The molecular weight excluding hydrogens is 152 g/mol. The maximum absolute atomic E-state index is 5.83. The lowest BCUT2D eigenvalue weighted by molar-refractivity contribution is 0.604. The highest BCUT2D eigenvalue weighted by Gasteiger charge is 2.09. The third-order valence-electron chi connectivity index (χ3n) is 1.82. The van der Waals surface area contributed by atoms with Crippen LogP contribution < -0.4 is 5.73 Å². The predicted molar refractivity (Wildman–Crippen MR) is 47.6 cm³/mol. The number of aromatic amines is 1. The van der Waals surface area contributed by atoms with Gasteiger partial charge in [-0.05, 0) is 6.42 Å². The van der Waals surface area contributed by atoms with Gasteiger partial charge in [0.15, 0.2) is 5.82 Å². The lowest BCUT2D eigenvalue weighted by Gasteiger charge is -2.03. The molecule has 0 saturated heterocycles. The fourth-order valence-corrected chi connectivity index (χ4v) is 1.07. The number of aromatic nitrogens is 3. The van der Waals surface area contributed by atoms with Crippen molar-refractivity contribution < 1.29 is 0 Å². The summed E-state index contributed by atoms with van der Waals surface area (Å²) in [6.45, 7) is 4.14. The summed E-state index contributed by atoms with van der Waals surface area (Å²) >= 11 is 0. The molecule has 1 aromatic heterocycles. The lowest BCUT2D eigenvalue weighted by atomic mass is 10.2. The second-order valence-corrected chi connectivity index (χ2v) is 2.89. The maximum atomic E-state index is 5.83. The Bertz CT molecular complexity index is 231. The van der Waals surface area contributed by atoms with Crippen molar-refractivity contribution in [1.29, 1.82) is 0 Å². The van der Waals surface area contributed by atoms with Crippen LogP contribution >= 0.6 is 0 Å². The normalized spacial score (nSPS) is 13.2. The minimum atomic E-state index is -0.00782. The molecule has 4 nitrogen and oxygen atoms in total. The average Bonchev–Trinajstić information content (AvgIpc) is 2.52. The molecule has 0 saturated carbocycles. The van der Waals surface area contributed by atoms with Gasteiger partial charge in [0.25, 0.3) is 0 Å². The van der Waals surface area contributed by atoms with Crippen LogP contribution in [0.2, 0.25) is 0 Å². The standard InChI is InChI=1S/C8H16N4/c1-3-5-6(9)8-10-7(4-2)11-12-8/h6H,3-5,9H2,1-2H3,(H,10,11,12). The molecule has 0 aromatic carbocycles. The van der Waals surface area contributed by atoms with Crippen molar-refractivity contribution in [3.8, 4) is 0 Å². The Hall–Kier alpha value is -0.900. The minimum Gasteiger partial charge on any atom is -0.321 e. The van der Waals surface area contributed by atoms with E-state index in [2.05, 4.69) is 22.1 Å². The van der Waals surface area contributed by atoms with E-state index < -0.39 is 0 Å². The summed E-state index contributed by atoms with van der Waals surface area (Å²) in [6.07, 6.45) is 2.89. The van der Waals surface area contributed by atoms with Crippen LogP contribution in [0.1, 0.15) is 44.4 Å². The van der Waals surface area contributed by atoms with Crippen LogP contribution in [-0.2, 0) is 6.42 Å². The van der Waals surface area contributed by atoms with Gasteiger partial charge in [0, 0.05) is 6.42 Å². The van der Waals surface area contributed by atoms with E-state index >= 15 is 0 Å². The highest BCUT2D eigenvalue weighted by atomic mass is 15.2. The molecule has 3 N–H and O–H groups in total. The molecule has 0 fully saturated rings. The van der Waals surface area contributed by atoms with Crippen LogP contribution in [0, 0.1) is 0 Å². The van der Waals surface area contributed by atoms with E-state index in [0.29, 0.717) is 0 Å². The molecular formula is C8H16N4. The zero-order chi connectivity index (χ0) is 8.97. The molecule has 0 amide bonds. The molecule has 0 aliphatic heterocycles. The number of hydrogen-bond acceptors (Lipinski definition) is 3. The van der Waals surface area contributed by atoms with Gasteiger partial charge in [-0.25, -0.2) is 4.98 Å². The first-order valence-electron chi connectivity index (χ1n) is 4.44. The second-order valence-electron chi connectivity index (χ2n) is 2.89. The summed E-state index contributed by atoms with van der Waals surface area (Å²) < 4.78 is 0. The number of rotatable bonds is 4. The van der Waals surface area contributed by atoms with E-state index in [-0.39, 0.29) is 6.04 Å². The van der Waals surface area contributed by atoms with E-state index in [1.54, 1.807) is 0 Å². The molecule has 68 valence electrons. The fraction of sp³-hybridized carbons (Fsp3) is 0.750. The minimum absolute atomic E-state index is 0.00782. The van der Waals surface area contributed by atoms with Crippen molar-refractivity contribution >= 4 is 0 Å². The Kier molecular flexibility index (Phi) is 3.22. The molecule has 0 radical (unpaired) electrons. The van der Waals surface area contributed by atoms with Crippen molar-refractivity contribution in [2.24, 2.45) is 5.73 Å².